The van der Waals surface area contributed by atoms with Crippen LogP contribution in [0.1, 0.15) is 32.6 Å². The van der Waals surface area contributed by atoms with E-state index in [0.717, 1.165) is 6.42 Å². The van der Waals surface area contributed by atoms with Gasteiger partial charge in [0.15, 0.2) is 0 Å². The highest BCUT2D eigenvalue weighted by atomic mass is 32.2. The lowest BCUT2D eigenvalue weighted by Gasteiger charge is -2.29. The van der Waals surface area contributed by atoms with Crippen LogP contribution in [0.3, 0.4) is 0 Å². The first kappa shape index (κ1) is 9.90. The van der Waals surface area contributed by atoms with E-state index in [2.05, 4.69) is 6.26 Å². The number of hydrogen-bond donors (Lipinski definition) is 0. The molecule has 1 aliphatic carbocycles. The maximum absolute atomic E-state index is 10.7. The van der Waals surface area contributed by atoms with E-state index in [1.54, 1.807) is 0 Å². The monoisotopic (exact) mass is 188 g/mol. The van der Waals surface area contributed by atoms with E-state index in [-0.39, 0.29) is 12.1 Å². The molecule has 1 saturated carbocycles. The zero-order valence-electron chi connectivity index (χ0n) is 7.71. The molecule has 0 aromatic rings. The van der Waals surface area contributed by atoms with Crippen molar-refractivity contribution in [2.45, 2.75) is 44.0 Å². The minimum Gasteiger partial charge on any atom is -0.461 e. The lowest BCUT2D eigenvalue weighted by Crippen LogP contribution is -2.31. The van der Waals surface area contributed by atoms with Gasteiger partial charge in [0.2, 0.25) is 0 Å². The highest BCUT2D eigenvalue weighted by Gasteiger charge is 2.26. The molecular formula is C9H16O2S. The van der Waals surface area contributed by atoms with Gasteiger partial charge in [-0.1, -0.05) is 6.42 Å². The first-order valence-corrected chi connectivity index (χ1v) is 5.73. The molecule has 0 radical (unpaired) electrons. The summed E-state index contributed by atoms with van der Waals surface area (Å²) in [5.74, 6) is -0.138. The van der Waals surface area contributed by atoms with Gasteiger partial charge in [-0.05, 0) is 25.5 Å². The van der Waals surface area contributed by atoms with E-state index < -0.39 is 0 Å². The topological polar surface area (TPSA) is 26.3 Å². The largest absolute Gasteiger partial charge is 0.461 e. The third-order valence-electron chi connectivity index (χ3n) is 2.26. The predicted molar refractivity (Wildman–Crippen MR) is 51.3 cm³/mol. The molecule has 0 amide bonds. The fraction of sp³-hybridized carbons (Fsp3) is 0.889. The molecule has 3 heteroatoms. The van der Waals surface area contributed by atoms with E-state index in [1.165, 1.54) is 26.2 Å². The molecule has 0 aliphatic heterocycles. The Balaban J connectivity index is 2.41. The first-order chi connectivity index (χ1) is 5.74. The zero-order valence-corrected chi connectivity index (χ0v) is 8.52. The van der Waals surface area contributed by atoms with Crippen molar-refractivity contribution < 1.29 is 9.53 Å². The van der Waals surface area contributed by atoms with Crippen molar-refractivity contribution in [1.82, 2.24) is 0 Å². The van der Waals surface area contributed by atoms with Gasteiger partial charge in [-0.3, -0.25) is 4.79 Å². The molecule has 0 N–H and O–H groups in total. The second-order valence-corrected chi connectivity index (χ2v) is 4.28. The number of carbonyl (C=O) groups is 1. The molecule has 1 aliphatic rings. The highest BCUT2D eigenvalue weighted by molar-refractivity contribution is 7.99. The van der Waals surface area contributed by atoms with Gasteiger partial charge in [0.25, 0.3) is 0 Å². The van der Waals surface area contributed by atoms with Crippen LogP contribution < -0.4 is 0 Å². The van der Waals surface area contributed by atoms with E-state index in [1.807, 2.05) is 11.8 Å². The number of carbonyl (C=O) groups excluding carboxylic acids is 1. The van der Waals surface area contributed by atoms with E-state index in [4.69, 9.17) is 4.74 Å². The van der Waals surface area contributed by atoms with Crippen LogP contribution in [0.15, 0.2) is 0 Å². The minimum atomic E-state index is -0.138. The summed E-state index contributed by atoms with van der Waals surface area (Å²) in [6, 6.07) is 0. The summed E-state index contributed by atoms with van der Waals surface area (Å²) in [6.45, 7) is 1.49. The normalized spacial score (nSPS) is 29.8. The summed E-state index contributed by atoms with van der Waals surface area (Å²) in [7, 11) is 0. The maximum Gasteiger partial charge on any atom is 0.302 e. The van der Waals surface area contributed by atoms with E-state index >= 15 is 0 Å². The fourth-order valence-electron chi connectivity index (χ4n) is 1.68. The van der Waals surface area contributed by atoms with Crippen molar-refractivity contribution >= 4 is 17.7 Å². The van der Waals surface area contributed by atoms with Crippen molar-refractivity contribution in [3.8, 4) is 0 Å². The summed E-state index contributed by atoms with van der Waals surface area (Å²) in [5.41, 5.74) is 0. The van der Waals surface area contributed by atoms with Crippen LogP contribution in [0.5, 0.6) is 0 Å². The predicted octanol–water partition coefficient (Wildman–Crippen LogP) is 2.22. The Morgan fingerprint density at radius 2 is 2.08 bits per heavy atom. The van der Waals surface area contributed by atoms with Crippen LogP contribution >= 0.6 is 11.8 Å². The molecule has 0 saturated heterocycles. The Labute approximate surface area is 78.1 Å². The quantitative estimate of drug-likeness (QED) is 0.622. The second-order valence-electron chi connectivity index (χ2n) is 3.21. The molecule has 70 valence electrons. The summed E-state index contributed by atoms with van der Waals surface area (Å²) in [6.07, 6.45) is 6.99. The number of hydrogen-bond acceptors (Lipinski definition) is 3. The average Bonchev–Trinajstić information content (AvgIpc) is 2.04. The summed E-state index contributed by atoms with van der Waals surface area (Å²) < 4.78 is 5.23. The van der Waals surface area contributed by atoms with Gasteiger partial charge in [-0.2, -0.15) is 11.8 Å². The molecule has 2 nitrogen and oxygen atoms in total. The third-order valence-corrected chi connectivity index (χ3v) is 3.41. The Bertz CT molecular complexity index is 159. The number of thioether (sulfide) groups is 1. The maximum atomic E-state index is 10.7. The van der Waals surface area contributed by atoms with Crippen molar-refractivity contribution in [1.29, 1.82) is 0 Å². The van der Waals surface area contributed by atoms with Crippen LogP contribution in [0, 0.1) is 0 Å². The highest BCUT2D eigenvalue weighted by Crippen LogP contribution is 2.29. The van der Waals surface area contributed by atoms with Gasteiger partial charge >= 0.3 is 5.97 Å². The van der Waals surface area contributed by atoms with Crippen molar-refractivity contribution in [2.75, 3.05) is 6.26 Å². The number of rotatable bonds is 2. The molecule has 1 rings (SSSR count). The summed E-state index contributed by atoms with van der Waals surface area (Å²) in [4.78, 5) is 10.7. The lowest BCUT2D eigenvalue weighted by molar-refractivity contribution is -0.147. The van der Waals surface area contributed by atoms with Crippen molar-refractivity contribution in [2.24, 2.45) is 0 Å². The van der Waals surface area contributed by atoms with E-state index in [9.17, 15) is 4.79 Å². The van der Waals surface area contributed by atoms with Crippen LogP contribution in [0.2, 0.25) is 0 Å². The van der Waals surface area contributed by atoms with Gasteiger partial charge in [-0.15, -0.1) is 0 Å². The molecule has 1 fully saturated rings. The van der Waals surface area contributed by atoms with Crippen molar-refractivity contribution in [3.63, 3.8) is 0 Å². The minimum absolute atomic E-state index is 0.138. The van der Waals surface area contributed by atoms with Gasteiger partial charge in [0.1, 0.15) is 6.10 Å². The third kappa shape index (κ3) is 2.70. The molecular weight excluding hydrogens is 172 g/mol. The smallest absolute Gasteiger partial charge is 0.302 e. The van der Waals surface area contributed by atoms with E-state index in [0.29, 0.717) is 5.25 Å². The molecule has 0 unspecified atom stereocenters. The van der Waals surface area contributed by atoms with Crippen LogP contribution in [0.25, 0.3) is 0 Å². The Kier molecular flexibility index (Phi) is 3.92. The van der Waals surface area contributed by atoms with Crippen LogP contribution in [-0.2, 0) is 9.53 Å². The SMILES string of the molecule is CS[C@H]1CCCC[C@@H]1OC(C)=O. The molecule has 12 heavy (non-hydrogen) atoms. The zero-order chi connectivity index (χ0) is 8.97. The molecule has 0 bridgehead atoms. The average molecular weight is 188 g/mol. The van der Waals surface area contributed by atoms with Crippen LogP contribution in [-0.4, -0.2) is 23.6 Å². The first-order valence-electron chi connectivity index (χ1n) is 4.44. The Hall–Kier alpha value is -0.180. The molecule has 2 atom stereocenters. The molecule has 0 heterocycles. The number of esters is 1. The van der Waals surface area contributed by atoms with Gasteiger partial charge in [0, 0.05) is 12.2 Å². The van der Waals surface area contributed by atoms with Gasteiger partial charge in [0.05, 0.1) is 0 Å². The lowest BCUT2D eigenvalue weighted by atomic mass is 9.97. The van der Waals surface area contributed by atoms with Gasteiger partial charge < -0.3 is 4.74 Å². The molecule has 0 spiro atoms. The number of ether oxygens (including phenoxy) is 1. The summed E-state index contributed by atoms with van der Waals surface area (Å²) in [5, 5.41) is 0.530. The Morgan fingerprint density at radius 3 is 2.67 bits per heavy atom. The molecule has 0 aromatic carbocycles. The Morgan fingerprint density at radius 1 is 1.42 bits per heavy atom. The standard InChI is InChI=1S/C9H16O2S/c1-7(10)11-8-5-3-4-6-9(8)12-2/h8-9H,3-6H2,1-2H3/t8-,9-/m0/s1. The fourth-order valence-corrected chi connectivity index (χ4v) is 2.58. The molecule has 0 aromatic heterocycles. The summed E-state index contributed by atoms with van der Waals surface area (Å²) >= 11 is 1.82. The van der Waals surface area contributed by atoms with Crippen molar-refractivity contribution in [3.05, 3.63) is 0 Å². The van der Waals surface area contributed by atoms with Gasteiger partial charge in [-0.25, -0.2) is 0 Å². The van der Waals surface area contributed by atoms with Crippen LogP contribution in [0.4, 0.5) is 0 Å². The second kappa shape index (κ2) is 4.75.